The molecule has 1 aromatic heterocycles. The molecule has 148 valence electrons. The van der Waals surface area contributed by atoms with Crippen molar-refractivity contribution in [2.45, 2.75) is 13.0 Å². The van der Waals surface area contributed by atoms with Gasteiger partial charge in [0.2, 0.25) is 11.8 Å². The van der Waals surface area contributed by atoms with Crippen LogP contribution in [0.3, 0.4) is 0 Å². The van der Waals surface area contributed by atoms with Crippen LogP contribution in [-0.2, 0) is 16.1 Å². The third-order valence-electron chi connectivity index (χ3n) is 4.82. The first kappa shape index (κ1) is 18.6. The topological polar surface area (TPSA) is 102 Å². The molecule has 2 heterocycles. The lowest BCUT2D eigenvalue weighted by Gasteiger charge is -2.17. The van der Waals surface area contributed by atoms with Gasteiger partial charge < -0.3 is 15.0 Å². The Morgan fingerprint density at radius 2 is 1.97 bits per heavy atom. The summed E-state index contributed by atoms with van der Waals surface area (Å²) in [6.07, 6.45) is 0.159. The molecule has 2 aromatic carbocycles. The highest BCUT2D eigenvalue weighted by atomic mass is 16.5. The lowest BCUT2D eigenvalue weighted by atomic mass is 10.1. The number of methoxy groups -OCH3 is 1. The maximum Gasteiger partial charge on any atom is 0.227 e. The Morgan fingerprint density at radius 1 is 1.17 bits per heavy atom. The average molecular weight is 392 g/mol. The third kappa shape index (κ3) is 3.93. The summed E-state index contributed by atoms with van der Waals surface area (Å²) >= 11 is 0. The van der Waals surface area contributed by atoms with Gasteiger partial charge in [-0.2, -0.15) is 4.68 Å². The summed E-state index contributed by atoms with van der Waals surface area (Å²) < 4.78 is 6.79. The second-order valence-corrected chi connectivity index (χ2v) is 6.67. The van der Waals surface area contributed by atoms with Crippen molar-refractivity contribution in [1.29, 1.82) is 0 Å². The minimum absolute atomic E-state index is 0.0903. The van der Waals surface area contributed by atoms with Crippen LogP contribution in [0.15, 0.2) is 54.6 Å². The van der Waals surface area contributed by atoms with Crippen LogP contribution in [0.1, 0.15) is 12.2 Å². The van der Waals surface area contributed by atoms with E-state index < -0.39 is 5.92 Å². The fraction of sp³-hybridized carbons (Fsp3) is 0.250. The van der Waals surface area contributed by atoms with E-state index in [0.29, 0.717) is 18.1 Å². The molecule has 1 fully saturated rings. The van der Waals surface area contributed by atoms with Gasteiger partial charge in [0, 0.05) is 24.7 Å². The molecule has 0 aliphatic carbocycles. The number of carbonyl (C=O) groups excluding carboxylic acids is 2. The van der Waals surface area contributed by atoms with Crippen LogP contribution in [0.5, 0.6) is 5.75 Å². The van der Waals surface area contributed by atoms with Gasteiger partial charge in [-0.1, -0.05) is 24.3 Å². The number of anilines is 1. The Bertz CT molecular complexity index is 1020. The Kier molecular flexibility index (Phi) is 5.19. The second-order valence-electron chi connectivity index (χ2n) is 6.67. The number of hydrogen-bond acceptors (Lipinski definition) is 6. The zero-order valence-electron chi connectivity index (χ0n) is 15.9. The number of rotatable bonds is 6. The molecule has 2 amide bonds. The number of benzene rings is 2. The smallest absolute Gasteiger partial charge is 0.227 e. The lowest BCUT2D eigenvalue weighted by molar-refractivity contribution is -0.126. The number of tetrazole rings is 1. The maximum atomic E-state index is 12.6. The summed E-state index contributed by atoms with van der Waals surface area (Å²) in [5.41, 5.74) is 1.53. The summed E-state index contributed by atoms with van der Waals surface area (Å²) in [6, 6.07) is 16.7. The van der Waals surface area contributed by atoms with Gasteiger partial charge >= 0.3 is 0 Å². The molecule has 0 bridgehead atoms. The van der Waals surface area contributed by atoms with Crippen molar-refractivity contribution in [1.82, 2.24) is 25.5 Å². The van der Waals surface area contributed by atoms with Crippen molar-refractivity contribution >= 4 is 17.5 Å². The number of hydrogen-bond donors (Lipinski definition) is 1. The Labute approximate surface area is 167 Å². The summed E-state index contributed by atoms with van der Waals surface area (Å²) in [5, 5.41) is 14.5. The monoisotopic (exact) mass is 392 g/mol. The first-order valence-corrected chi connectivity index (χ1v) is 9.20. The molecular weight excluding hydrogens is 372 g/mol. The van der Waals surface area contributed by atoms with E-state index in [2.05, 4.69) is 20.8 Å². The van der Waals surface area contributed by atoms with Gasteiger partial charge in [-0.05, 0) is 34.7 Å². The Hall–Kier alpha value is -3.75. The van der Waals surface area contributed by atoms with Gasteiger partial charge in [0.15, 0.2) is 5.82 Å². The fourth-order valence-electron chi connectivity index (χ4n) is 3.31. The zero-order chi connectivity index (χ0) is 20.2. The highest BCUT2D eigenvalue weighted by molar-refractivity contribution is 6.00. The Morgan fingerprint density at radius 3 is 2.76 bits per heavy atom. The number of aromatic nitrogens is 4. The SMILES string of the molecule is COc1cccc(N2CC(C(=O)NCc3nnnn3-c3ccccc3)CC2=O)c1. The van der Waals surface area contributed by atoms with Crippen molar-refractivity contribution < 1.29 is 14.3 Å². The number of nitrogens with zero attached hydrogens (tertiary/aromatic N) is 5. The number of amides is 2. The molecule has 0 saturated carbocycles. The van der Waals surface area contributed by atoms with Crippen LogP contribution in [0.4, 0.5) is 5.69 Å². The number of nitrogens with one attached hydrogen (secondary N) is 1. The third-order valence-corrected chi connectivity index (χ3v) is 4.82. The molecular formula is C20H20N6O3. The van der Waals surface area contributed by atoms with Crippen molar-refractivity contribution in [3.63, 3.8) is 0 Å². The maximum absolute atomic E-state index is 12.6. The van der Waals surface area contributed by atoms with Crippen LogP contribution in [-0.4, -0.2) is 45.7 Å². The van der Waals surface area contributed by atoms with Crippen molar-refractivity contribution in [3.8, 4) is 11.4 Å². The number of para-hydroxylation sites is 1. The van der Waals surface area contributed by atoms with Crippen LogP contribution >= 0.6 is 0 Å². The molecule has 9 heteroatoms. The van der Waals surface area contributed by atoms with Crippen molar-refractivity contribution in [2.24, 2.45) is 5.92 Å². The van der Waals surface area contributed by atoms with E-state index >= 15 is 0 Å². The highest BCUT2D eigenvalue weighted by Gasteiger charge is 2.35. The van der Waals surface area contributed by atoms with Crippen molar-refractivity contribution in [3.05, 3.63) is 60.4 Å². The molecule has 0 radical (unpaired) electrons. The van der Waals surface area contributed by atoms with E-state index in [4.69, 9.17) is 4.74 Å². The summed E-state index contributed by atoms with van der Waals surface area (Å²) in [4.78, 5) is 26.7. The van der Waals surface area contributed by atoms with Gasteiger partial charge in [-0.15, -0.1) is 5.10 Å². The van der Waals surface area contributed by atoms with Crippen LogP contribution in [0, 0.1) is 5.92 Å². The number of carbonyl (C=O) groups is 2. The van der Waals surface area contributed by atoms with Crippen LogP contribution < -0.4 is 15.0 Å². The molecule has 4 rings (SSSR count). The van der Waals surface area contributed by atoms with E-state index in [9.17, 15) is 9.59 Å². The van der Waals surface area contributed by atoms with Crippen LogP contribution in [0.2, 0.25) is 0 Å². The van der Waals surface area contributed by atoms with Gasteiger partial charge in [-0.25, -0.2) is 0 Å². The Balaban J connectivity index is 1.40. The van der Waals surface area contributed by atoms with E-state index in [1.165, 1.54) is 0 Å². The van der Waals surface area contributed by atoms with Gasteiger partial charge in [0.05, 0.1) is 25.3 Å². The highest BCUT2D eigenvalue weighted by Crippen LogP contribution is 2.28. The molecule has 29 heavy (non-hydrogen) atoms. The predicted molar refractivity (Wildman–Crippen MR) is 104 cm³/mol. The molecule has 3 aromatic rings. The van der Waals surface area contributed by atoms with Crippen molar-refractivity contribution in [2.75, 3.05) is 18.6 Å². The first-order valence-electron chi connectivity index (χ1n) is 9.20. The van der Waals surface area contributed by atoms with E-state index in [1.54, 1.807) is 22.8 Å². The van der Waals surface area contributed by atoms with Gasteiger partial charge in [0.1, 0.15) is 5.75 Å². The first-order chi connectivity index (χ1) is 14.2. The molecule has 9 nitrogen and oxygen atoms in total. The summed E-state index contributed by atoms with van der Waals surface area (Å²) in [5.74, 6) is 0.447. The summed E-state index contributed by atoms with van der Waals surface area (Å²) in [7, 11) is 1.57. The lowest BCUT2D eigenvalue weighted by Crippen LogP contribution is -2.33. The standard InChI is InChI=1S/C20H20N6O3/c1-29-17-9-5-8-16(11-17)25-13-14(10-19(25)27)20(28)21-12-18-22-23-24-26(18)15-6-3-2-4-7-15/h2-9,11,14H,10,12-13H2,1H3,(H,21,28). The molecule has 1 N–H and O–H groups in total. The zero-order valence-corrected chi connectivity index (χ0v) is 15.9. The van der Waals surface area contributed by atoms with E-state index in [-0.39, 0.29) is 24.8 Å². The molecule has 1 aliphatic rings. The minimum atomic E-state index is -0.435. The minimum Gasteiger partial charge on any atom is -0.497 e. The largest absolute Gasteiger partial charge is 0.497 e. The molecule has 1 saturated heterocycles. The quantitative estimate of drug-likeness (QED) is 0.679. The van der Waals surface area contributed by atoms with Crippen LogP contribution in [0.25, 0.3) is 5.69 Å². The average Bonchev–Trinajstić information content (AvgIpc) is 3.39. The van der Waals surface area contributed by atoms with Gasteiger partial charge in [0.25, 0.3) is 0 Å². The molecule has 1 atom stereocenters. The predicted octanol–water partition coefficient (Wildman–Crippen LogP) is 1.34. The fourth-order valence-corrected chi connectivity index (χ4v) is 3.31. The van der Waals surface area contributed by atoms with Gasteiger partial charge in [-0.3, -0.25) is 9.59 Å². The molecule has 1 aliphatic heterocycles. The summed E-state index contributed by atoms with van der Waals surface area (Å²) in [6.45, 7) is 0.492. The van der Waals surface area contributed by atoms with E-state index in [1.807, 2.05) is 48.5 Å². The molecule has 0 spiro atoms. The normalized spacial score (nSPS) is 16.1. The van der Waals surface area contributed by atoms with E-state index in [0.717, 1.165) is 11.4 Å². The second kappa shape index (κ2) is 8.09. The number of ether oxygens (including phenoxy) is 1. The molecule has 1 unspecified atom stereocenters.